The Balaban J connectivity index is 1.98. The molecule has 1 aromatic heterocycles. The Morgan fingerprint density at radius 3 is 2.43 bits per heavy atom. The summed E-state index contributed by atoms with van der Waals surface area (Å²) in [5.41, 5.74) is 0.553. The van der Waals surface area contributed by atoms with E-state index in [1.165, 1.54) is 6.20 Å². The molecule has 21 heavy (non-hydrogen) atoms. The average molecular weight is 287 g/mol. The van der Waals surface area contributed by atoms with Crippen LogP contribution in [0.15, 0.2) is 42.6 Å². The monoisotopic (exact) mass is 287 g/mol. The fourth-order valence-corrected chi connectivity index (χ4v) is 1.76. The van der Waals surface area contributed by atoms with E-state index < -0.39 is 5.97 Å². The van der Waals surface area contributed by atoms with Gasteiger partial charge in [-0.2, -0.15) is 0 Å². The molecule has 1 aromatic carbocycles. The molecule has 0 unspecified atom stereocenters. The number of carbonyl (C=O) groups is 1. The molecule has 0 amide bonds. The molecule has 0 radical (unpaired) electrons. The van der Waals surface area contributed by atoms with E-state index in [-0.39, 0.29) is 12.3 Å². The first-order valence-electron chi connectivity index (χ1n) is 6.73. The maximum absolute atomic E-state index is 11.0. The number of hydrogen-bond acceptors (Lipinski definition) is 4. The van der Waals surface area contributed by atoms with Gasteiger partial charge in [-0.1, -0.05) is 13.0 Å². The highest BCUT2D eigenvalue weighted by molar-refractivity contribution is 5.86. The fraction of sp³-hybridized carbons (Fsp3) is 0.250. The Hall–Kier alpha value is -2.56. The van der Waals surface area contributed by atoms with Crippen molar-refractivity contribution >= 4 is 5.97 Å². The van der Waals surface area contributed by atoms with Crippen LogP contribution in [0.3, 0.4) is 0 Å². The van der Waals surface area contributed by atoms with Gasteiger partial charge in [-0.05, 0) is 36.8 Å². The van der Waals surface area contributed by atoms with Crippen molar-refractivity contribution in [1.29, 1.82) is 0 Å². The summed E-state index contributed by atoms with van der Waals surface area (Å²) in [4.78, 5) is 14.9. The quantitative estimate of drug-likeness (QED) is 0.847. The predicted molar refractivity (Wildman–Crippen MR) is 77.8 cm³/mol. The van der Waals surface area contributed by atoms with Gasteiger partial charge in [0, 0.05) is 11.8 Å². The Kier molecular flexibility index (Phi) is 5.15. The molecule has 1 N–H and O–H groups in total. The molecule has 0 aliphatic heterocycles. The van der Waals surface area contributed by atoms with Crippen molar-refractivity contribution in [3.05, 3.63) is 53.9 Å². The Bertz CT molecular complexity index is 595. The molecular formula is C16H17NO4. The molecule has 2 rings (SSSR count). The molecule has 0 spiro atoms. The molecule has 5 nitrogen and oxygen atoms in total. The van der Waals surface area contributed by atoms with Gasteiger partial charge in [0.2, 0.25) is 0 Å². The number of hydrogen-bond donors (Lipinski definition) is 1. The van der Waals surface area contributed by atoms with Crippen LogP contribution in [0, 0.1) is 0 Å². The van der Waals surface area contributed by atoms with Gasteiger partial charge in [0.25, 0.3) is 0 Å². The molecule has 0 saturated carbocycles. The number of ether oxygens (including phenoxy) is 2. The number of carboxylic acids is 1. The fourth-order valence-electron chi connectivity index (χ4n) is 1.76. The lowest BCUT2D eigenvalue weighted by Crippen LogP contribution is -2.07. The first-order chi connectivity index (χ1) is 10.2. The summed E-state index contributed by atoms with van der Waals surface area (Å²) in [5.74, 6) is 0.383. The second kappa shape index (κ2) is 7.28. The Morgan fingerprint density at radius 2 is 1.81 bits per heavy atom. The van der Waals surface area contributed by atoms with Crippen LogP contribution in [0.4, 0.5) is 0 Å². The van der Waals surface area contributed by atoms with Crippen molar-refractivity contribution in [1.82, 2.24) is 4.98 Å². The first-order valence-corrected chi connectivity index (χ1v) is 6.73. The van der Waals surface area contributed by atoms with Gasteiger partial charge in [0.05, 0.1) is 6.61 Å². The molecule has 0 saturated heterocycles. The second-order valence-corrected chi connectivity index (χ2v) is 4.42. The number of rotatable bonds is 7. The smallest absolute Gasteiger partial charge is 0.354 e. The van der Waals surface area contributed by atoms with Gasteiger partial charge in [-0.25, -0.2) is 9.78 Å². The summed E-state index contributed by atoms with van der Waals surface area (Å²) in [6, 6.07) is 10.6. The summed E-state index contributed by atoms with van der Waals surface area (Å²) in [6.07, 6.45) is 2.41. The standard InChI is InChI=1S/C16H17NO4/c1-2-10-20-13-5-7-14(8-6-13)21-11-12-4-3-9-17-15(12)16(18)19/h3-9H,2,10-11H2,1H3,(H,18,19). The number of aromatic carboxylic acids is 1. The van der Waals surface area contributed by atoms with Crippen LogP contribution < -0.4 is 9.47 Å². The Labute approximate surface area is 123 Å². The third-order valence-electron chi connectivity index (χ3n) is 2.78. The van der Waals surface area contributed by atoms with Gasteiger partial charge in [-0.15, -0.1) is 0 Å². The van der Waals surface area contributed by atoms with Crippen molar-refractivity contribution in [3.63, 3.8) is 0 Å². The molecule has 0 atom stereocenters. The molecule has 0 bridgehead atoms. The lowest BCUT2D eigenvalue weighted by atomic mass is 10.2. The Morgan fingerprint density at radius 1 is 1.14 bits per heavy atom. The molecule has 2 aromatic rings. The molecule has 1 heterocycles. The minimum atomic E-state index is -1.06. The minimum absolute atomic E-state index is 0.0143. The summed E-state index contributed by atoms with van der Waals surface area (Å²) < 4.78 is 11.1. The summed E-state index contributed by atoms with van der Waals surface area (Å²) in [5, 5.41) is 9.05. The maximum Gasteiger partial charge on any atom is 0.354 e. The SMILES string of the molecule is CCCOc1ccc(OCc2cccnc2C(=O)O)cc1. The minimum Gasteiger partial charge on any atom is -0.494 e. The number of nitrogens with zero attached hydrogens (tertiary/aromatic N) is 1. The van der Waals surface area contributed by atoms with Crippen molar-refractivity contribution in [2.75, 3.05) is 6.61 Å². The van der Waals surface area contributed by atoms with Crippen molar-refractivity contribution in [2.45, 2.75) is 20.0 Å². The molecular weight excluding hydrogens is 270 g/mol. The first kappa shape index (κ1) is 14.8. The van der Waals surface area contributed by atoms with E-state index in [1.54, 1.807) is 24.3 Å². The van der Waals surface area contributed by atoms with Gasteiger partial charge in [0.1, 0.15) is 18.1 Å². The molecule has 0 aliphatic rings. The highest BCUT2D eigenvalue weighted by Gasteiger charge is 2.11. The van der Waals surface area contributed by atoms with E-state index in [1.807, 2.05) is 19.1 Å². The summed E-state index contributed by atoms with van der Waals surface area (Å²) >= 11 is 0. The van der Waals surface area contributed by atoms with E-state index in [0.717, 1.165) is 12.2 Å². The zero-order chi connectivity index (χ0) is 15.1. The number of carboxylic acid groups (broad SMARTS) is 1. The maximum atomic E-state index is 11.0. The number of benzene rings is 1. The molecule has 110 valence electrons. The molecule has 0 fully saturated rings. The number of aromatic nitrogens is 1. The zero-order valence-corrected chi connectivity index (χ0v) is 11.8. The molecule has 5 heteroatoms. The largest absolute Gasteiger partial charge is 0.494 e. The van der Waals surface area contributed by atoms with Gasteiger partial charge in [0.15, 0.2) is 5.69 Å². The van der Waals surface area contributed by atoms with Crippen LogP contribution in [0.5, 0.6) is 11.5 Å². The van der Waals surface area contributed by atoms with Crippen molar-refractivity contribution in [2.24, 2.45) is 0 Å². The lowest BCUT2D eigenvalue weighted by molar-refractivity contribution is 0.0687. The van der Waals surface area contributed by atoms with E-state index in [2.05, 4.69) is 4.98 Å². The van der Waals surface area contributed by atoms with E-state index in [0.29, 0.717) is 17.9 Å². The van der Waals surface area contributed by atoms with Gasteiger partial charge in [-0.3, -0.25) is 0 Å². The lowest BCUT2D eigenvalue weighted by Gasteiger charge is -2.09. The second-order valence-electron chi connectivity index (χ2n) is 4.42. The molecule has 0 aliphatic carbocycles. The third-order valence-corrected chi connectivity index (χ3v) is 2.78. The summed E-state index contributed by atoms with van der Waals surface area (Å²) in [6.45, 7) is 2.88. The van der Waals surface area contributed by atoms with E-state index in [9.17, 15) is 4.79 Å². The number of pyridine rings is 1. The van der Waals surface area contributed by atoms with Crippen LogP contribution in [0.2, 0.25) is 0 Å². The van der Waals surface area contributed by atoms with Crippen LogP contribution >= 0.6 is 0 Å². The van der Waals surface area contributed by atoms with Crippen LogP contribution in [-0.2, 0) is 6.61 Å². The normalized spacial score (nSPS) is 10.1. The van der Waals surface area contributed by atoms with Gasteiger partial charge < -0.3 is 14.6 Å². The van der Waals surface area contributed by atoms with Crippen LogP contribution in [-0.4, -0.2) is 22.7 Å². The highest BCUT2D eigenvalue weighted by atomic mass is 16.5. The average Bonchev–Trinajstić information content (AvgIpc) is 2.52. The summed E-state index contributed by atoms with van der Waals surface area (Å²) in [7, 11) is 0. The van der Waals surface area contributed by atoms with Crippen LogP contribution in [0.1, 0.15) is 29.4 Å². The topological polar surface area (TPSA) is 68.7 Å². The van der Waals surface area contributed by atoms with Crippen molar-refractivity contribution < 1.29 is 19.4 Å². The zero-order valence-electron chi connectivity index (χ0n) is 11.8. The third kappa shape index (κ3) is 4.21. The van der Waals surface area contributed by atoms with Crippen LogP contribution in [0.25, 0.3) is 0 Å². The van der Waals surface area contributed by atoms with Crippen molar-refractivity contribution in [3.8, 4) is 11.5 Å². The van der Waals surface area contributed by atoms with E-state index in [4.69, 9.17) is 14.6 Å². The van der Waals surface area contributed by atoms with Gasteiger partial charge >= 0.3 is 5.97 Å². The van der Waals surface area contributed by atoms with E-state index >= 15 is 0 Å². The highest BCUT2D eigenvalue weighted by Crippen LogP contribution is 2.19. The predicted octanol–water partition coefficient (Wildman–Crippen LogP) is 3.15.